The van der Waals surface area contributed by atoms with E-state index in [-0.39, 0.29) is 0 Å². The molecule has 2 aromatic rings. The maximum absolute atomic E-state index is 10.8. The molecule has 0 aliphatic carbocycles. The molecule has 0 radical (unpaired) electrons. The summed E-state index contributed by atoms with van der Waals surface area (Å²) in [6.07, 6.45) is 0.948. The Hall–Kier alpha value is -1.39. The summed E-state index contributed by atoms with van der Waals surface area (Å²) in [5.74, 6) is -0.872. The quantitative estimate of drug-likeness (QED) is 0.920. The Bertz CT molecular complexity index is 583. The molecular weight excluding hydrogens is 276 g/mol. The highest BCUT2D eigenvalue weighted by molar-refractivity contribution is 8.19. The van der Waals surface area contributed by atoms with Crippen molar-refractivity contribution in [2.75, 3.05) is 0 Å². The molecule has 0 unspecified atom stereocenters. The fourth-order valence-corrected chi connectivity index (χ4v) is 4.92. The summed E-state index contributed by atoms with van der Waals surface area (Å²) in [7, 11) is 0. The first-order chi connectivity index (χ1) is 9.22. The van der Waals surface area contributed by atoms with Crippen LogP contribution in [0.5, 0.6) is 0 Å². The molecule has 0 fully saturated rings. The van der Waals surface area contributed by atoms with Crippen LogP contribution in [0.2, 0.25) is 0 Å². The molecule has 0 amide bonds. The largest absolute Gasteiger partial charge is 0.478 e. The van der Waals surface area contributed by atoms with E-state index in [4.69, 9.17) is 5.11 Å². The van der Waals surface area contributed by atoms with Crippen LogP contribution in [0.1, 0.15) is 15.9 Å². The molecular formula is C15H12O2S2. The van der Waals surface area contributed by atoms with Crippen molar-refractivity contribution in [3.8, 4) is 0 Å². The zero-order chi connectivity index (χ0) is 13.2. The van der Waals surface area contributed by atoms with Crippen molar-refractivity contribution >= 4 is 29.5 Å². The number of hydrogen-bond donors (Lipinski definition) is 1. The lowest BCUT2D eigenvalue weighted by molar-refractivity contribution is 0.0697. The summed E-state index contributed by atoms with van der Waals surface area (Å²) >= 11 is 3.78. The lowest BCUT2D eigenvalue weighted by Crippen LogP contribution is -2.00. The molecule has 0 spiro atoms. The first kappa shape index (κ1) is 12.6. The Kier molecular flexibility index (Phi) is 3.53. The van der Waals surface area contributed by atoms with Gasteiger partial charge in [0.2, 0.25) is 0 Å². The third-order valence-corrected chi connectivity index (χ3v) is 5.75. The average molecular weight is 288 g/mol. The molecule has 0 saturated carbocycles. The highest BCUT2D eigenvalue weighted by Gasteiger charge is 2.22. The minimum atomic E-state index is -0.872. The first-order valence-electron chi connectivity index (χ1n) is 5.97. The Morgan fingerprint density at radius 2 is 1.58 bits per heavy atom. The van der Waals surface area contributed by atoms with E-state index in [1.54, 1.807) is 12.1 Å². The predicted molar refractivity (Wildman–Crippen MR) is 79.0 cm³/mol. The number of rotatable bonds is 3. The number of thioether (sulfide) groups is 2. The molecule has 2 aromatic carbocycles. The average Bonchev–Trinajstić information content (AvgIpc) is 2.81. The van der Waals surface area contributed by atoms with Crippen LogP contribution in [0.25, 0.3) is 0 Å². The third kappa shape index (κ3) is 2.80. The van der Waals surface area contributed by atoms with Gasteiger partial charge in [-0.3, -0.25) is 0 Å². The highest BCUT2D eigenvalue weighted by Crippen LogP contribution is 2.48. The second-order valence-corrected chi connectivity index (χ2v) is 7.11. The van der Waals surface area contributed by atoms with Crippen molar-refractivity contribution < 1.29 is 9.90 Å². The minimum Gasteiger partial charge on any atom is -0.478 e. The molecule has 1 aliphatic rings. The molecule has 0 aromatic heterocycles. The zero-order valence-corrected chi connectivity index (χ0v) is 11.7. The van der Waals surface area contributed by atoms with Crippen molar-refractivity contribution in [1.29, 1.82) is 0 Å². The van der Waals surface area contributed by atoms with Crippen LogP contribution in [0.3, 0.4) is 0 Å². The maximum Gasteiger partial charge on any atom is 0.335 e. The van der Waals surface area contributed by atoms with Gasteiger partial charge < -0.3 is 5.11 Å². The minimum absolute atomic E-state index is 0.346. The van der Waals surface area contributed by atoms with E-state index >= 15 is 0 Å². The highest BCUT2D eigenvalue weighted by atomic mass is 32.2. The van der Waals surface area contributed by atoms with Crippen LogP contribution in [0, 0.1) is 0 Å². The molecule has 96 valence electrons. The van der Waals surface area contributed by atoms with E-state index in [0.717, 1.165) is 6.42 Å². The van der Waals surface area contributed by atoms with Crippen molar-refractivity contribution in [2.24, 2.45) is 0 Å². The van der Waals surface area contributed by atoms with Gasteiger partial charge in [-0.2, -0.15) is 0 Å². The van der Waals surface area contributed by atoms with Crippen LogP contribution < -0.4 is 0 Å². The maximum atomic E-state index is 10.8. The van der Waals surface area contributed by atoms with Gasteiger partial charge in [0.25, 0.3) is 0 Å². The number of carboxylic acid groups (broad SMARTS) is 1. The van der Waals surface area contributed by atoms with Crippen LogP contribution in [0.15, 0.2) is 58.3 Å². The summed E-state index contributed by atoms with van der Waals surface area (Å²) in [5, 5.41) is 8.87. The number of benzene rings is 2. The van der Waals surface area contributed by atoms with E-state index in [1.807, 2.05) is 35.7 Å². The van der Waals surface area contributed by atoms with Gasteiger partial charge in [0.1, 0.15) is 0 Å². The van der Waals surface area contributed by atoms with E-state index in [1.165, 1.54) is 15.4 Å². The molecule has 19 heavy (non-hydrogen) atoms. The van der Waals surface area contributed by atoms with Gasteiger partial charge >= 0.3 is 5.97 Å². The van der Waals surface area contributed by atoms with Crippen LogP contribution >= 0.6 is 23.5 Å². The van der Waals surface area contributed by atoms with Gasteiger partial charge in [0.05, 0.1) is 10.1 Å². The smallest absolute Gasteiger partial charge is 0.335 e. The zero-order valence-electron chi connectivity index (χ0n) is 10.1. The van der Waals surface area contributed by atoms with Gasteiger partial charge in [-0.05, 0) is 36.2 Å². The monoisotopic (exact) mass is 288 g/mol. The predicted octanol–water partition coefficient (Wildman–Crippen LogP) is 4.15. The van der Waals surface area contributed by atoms with Crippen molar-refractivity contribution in [1.82, 2.24) is 0 Å². The standard InChI is InChI=1S/C15H12O2S2/c16-15(17)11-7-5-10(6-8-11)9-14-18-12-3-1-2-4-13(12)19-14/h1-8,14H,9H2,(H,16,17). The Morgan fingerprint density at radius 3 is 2.11 bits per heavy atom. The molecule has 4 heteroatoms. The summed E-state index contributed by atoms with van der Waals surface area (Å²) < 4.78 is 0.480. The number of aromatic carboxylic acids is 1. The Morgan fingerprint density at radius 1 is 1.00 bits per heavy atom. The van der Waals surface area contributed by atoms with E-state index in [9.17, 15) is 4.79 Å². The fourth-order valence-electron chi connectivity index (χ4n) is 2.01. The van der Waals surface area contributed by atoms with Crippen LogP contribution in [-0.2, 0) is 6.42 Å². The molecule has 3 rings (SSSR count). The van der Waals surface area contributed by atoms with E-state index in [0.29, 0.717) is 10.1 Å². The van der Waals surface area contributed by atoms with Gasteiger partial charge in [0, 0.05) is 9.79 Å². The fraction of sp³-hybridized carbons (Fsp3) is 0.133. The molecule has 0 bridgehead atoms. The van der Waals surface area contributed by atoms with E-state index in [2.05, 4.69) is 24.3 Å². The second kappa shape index (κ2) is 5.31. The van der Waals surface area contributed by atoms with Crippen LogP contribution in [-0.4, -0.2) is 15.7 Å². The van der Waals surface area contributed by atoms with Gasteiger partial charge in [-0.1, -0.05) is 24.3 Å². The third-order valence-electron chi connectivity index (χ3n) is 2.97. The summed E-state index contributed by atoms with van der Waals surface area (Å²) in [4.78, 5) is 13.5. The molecule has 1 aliphatic heterocycles. The molecule has 0 atom stereocenters. The van der Waals surface area contributed by atoms with Crippen molar-refractivity contribution in [2.45, 2.75) is 20.8 Å². The number of carboxylic acids is 1. The summed E-state index contributed by atoms with van der Waals surface area (Å²) in [6, 6.07) is 15.6. The summed E-state index contributed by atoms with van der Waals surface area (Å²) in [5.41, 5.74) is 1.53. The second-order valence-electron chi connectivity index (χ2n) is 4.32. The first-order valence-corrected chi connectivity index (χ1v) is 7.73. The topological polar surface area (TPSA) is 37.3 Å². The van der Waals surface area contributed by atoms with Crippen molar-refractivity contribution in [3.05, 3.63) is 59.7 Å². The number of fused-ring (bicyclic) bond motifs is 1. The lowest BCUT2D eigenvalue weighted by atomic mass is 10.1. The number of carbonyl (C=O) groups is 1. The molecule has 1 heterocycles. The molecule has 0 saturated heterocycles. The van der Waals surface area contributed by atoms with Crippen LogP contribution in [0.4, 0.5) is 0 Å². The van der Waals surface area contributed by atoms with Gasteiger partial charge in [-0.15, -0.1) is 23.5 Å². The normalized spacial score (nSPS) is 14.3. The SMILES string of the molecule is O=C(O)c1ccc(CC2Sc3ccccc3S2)cc1. The summed E-state index contributed by atoms with van der Waals surface area (Å²) in [6.45, 7) is 0. The van der Waals surface area contributed by atoms with E-state index < -0.39 is 5.97 Å². The Balaban J connectivity index is 1.69. The van der Waals surface area contributed by atoms with Crippen molar-refractivity contribution in [3.63, 3.8) is 0 Å². The lowest BCUT2D eigenvalue weighted by Gasteiger charge is -2.07. The van der Waals surface area contributed by atoms with Gasteiger partial charge in [0.15, 0.2) is 0 Å². The van der Waals surface area contributed by atoms with Gasteiger partial charge in [-0.25, -0.2) is 4.79 Å². The molecule has 2 nitrogen and oxygen atoms in total. The molecule has 1 N–H and O–H groups in total. The number of hydrogen-bond acceptors (Lipinski definition) is 3. The Labute approximate surface area is 120 Å².